The highest BCUT2D eigenvalue weighted by Crippen LogP contribution is 2.46. The molecule has 0 unspecified atom stereocenters. The Morgan fingerprint density at radius 3 is 2.02 bits per heavy atom. The van der Waals surface area contributed by atoms with Gasteiger partial charge in [-0.05, 0) is 48.7 Å². The van der Waals surface area contributed by atoms with Gasteiger partial charge in [-0.3, -0.25) is 4.79 Å². The fourth-order valence-electron chi connectivity index (χ4n) is 6.07. The molecule has 6 rings (SSSR count). The van der Waals surface area contributed by atoms with Crippen LogP contribution in [0.25, 0.3) is 0 Å². The number of hydrogen-bond donors (Lipinski definition) is 1. The van der Waals surface area contributed by atoms with Crippen LogP contribution in [-0.2, 0) is 51.3 Å². The first-order valence-corrected chi connectivity index (χ1v) is 16.4. The minimum absolute atomic E-state index is 0.0813. The van der Waals surface area contributed by atoms with Gasteiger partial charge < -0.3 is 33.5 Å². The van der Waals surface area contributed by atoms with Crippen LogP contribution in [0.2, 0.25) is 0 Å². The summed E-state index contributed by atoms with van der Waals surface area (Å²) in [6.07, 6.45) is -0.0482. The van der Waals surface area contributed by atoms with Crippen molar-refractivity contribution in [3.8, 4) is 11.5 Å². The van der Waals surface area contributed by atoms with Crippen molar-refractivity contribution in [1.29, 1.82) is 0 Å². The second-order valence-corrected chi connectivity index (χ2v) is 12.2. The summed E-state index contributed by atoms with van der Waals surface area (Å²) in [6, 6.07) is 34.1. The van der Waals surface area contributed by atoms with Gasteiger partial charge >= 0.3 is 5.91 Å². The van der Waals surface area contributed by atoms with Crippen molar-refractivity contribution >= 4 is 6.29 Å². The minimum atomic E-state index is -2.25. The van der Waals surface area contributed by atoms with Crippen molar-refractivity contribution in [2.24, 2.45) is 0 Å². The largest absolute Gasteiger partial charge is 0.493 e. The molecule has 0 radical (unpaired) electrons. The van der Waals surface area contributed by atoms with Gasteiger partial charge in [-0.2, -0.15) is 4.68 Å². The Kier molecular flexibility index (Phi) is 11.0. The molecular weight excluding hydrogens is 638 g/mol. The van der Waals surface area contributed by atoms with Gasteiger partial charge in [0.1, 0.15) is 30.8 Å². The van der Waals surface area contributed by atoms with Crippen LogP contribution in [0.4, 0.5) is 0 Å². The number of rotatable bonds is 15. The van der Waals surface area contributed by atoms with Crippen LogP contribution in [-0.4, -0.2) is 57.4 Å². The van der Waals surface area contributed by atoms with Crippen LogP contribution in [0, 0.1) is 0 Å². The molecule has 11 nitrogen and oxygen atoms in total. The molecule has 0 aliphatic carbocycles. The van der Waals surface area contributed by atoms with E-state index in [1.807, 2.05) is 97.9 Å². The van der Waals surface area contributed by atoms with Gasteiger partial charge in [-0.1, -0.05) is 96.2 Å². The molecule has 1 N–H and O–H groups in total. The first kappa shape index (κ1) is 34.9. The van der Waals surface area contributed by atoms with Gasteiger partial charge in [0.25, 0.3) is 0 Å². The zero-order valence-corrected chi connectivity index (χ0v) is 28.3. The molecule has 50 heavy (non-hydrogen) atoms. The van der Waals surface area contributed by atoms with E-state index in [0.717, 1.165) is 23.0 Å². The van der Waals surface area contributed by atoms with Crippen LogP contribution in [0.3, 0.4) is 0 Å². The zero-order chi connectivity index (χ0) is 35.0. The van der Waals surface area contributed by atoms with E-state index in [9.17, 15) is 9.90 Å². The number of carbonyl (C=O) groups is 1. The topological polar surface area (TPSA) is 123 Å². The van der Waals surface area contributed by atoms with Crippen LogP contribution in [0.15, 0.2) is 115 Å². The molecule has 1 aliphatic heterocycles. The molecule has 0 spiro atoms. The number of aldehydes is 1. The lowest BCUT2D eigenvalue weighted by molar-refractivity contribution is -0.441. The van der Waals surface area contributed by atoms with Crippen molar-refractivity contribution in [3.63, 3.8) is 0 Å². The minimum Gasteiger partial charge on any atom is -0.493 e. The van der Waals surface area contributed by atoms with Crippen LogP contribution < -0.4 is 9.47 Å². The number of hydrogen-bond acceptors (Lipinski definition) is 10. The average molecular weight is 680 g/mol. The lowest BCUT2D eigenvalue weighted by Crippen LogP contribution is -2.73. The van der Waals surface area contributed by atoms with Gasteiger partial charge in [0.05, 0.1) is 39.2 Å². The van der Waals surface area contributed by atoms with Crippen molar-refractivity contribution < 1.29 is 38.3 Å². The van der Waals surface area contributed by atoms with Gasteiger partial charge in [0.2, 0.25) is 0 Å². The Morgan fingerprint density at radius 1 is 0.820 bits per heavy atom. The number of ether oxygens (including phenoxy) is 6. The fourth-order valence-corrected chi connectivity index (χ4v) is 6.07. The highest BCUT2D eigenvalue weighted by atomic mass is 16.7. The van der Waals surface area contributed by atoms with E-state index >= 15 is 0 Å². The summed E-state index contributed by atoms with van der Waals surface area (Å²) in [5.41, 5.74) is 1.98. The molecule has 2 heterocycles. The van der Waals surface area contributed by atoms with E-state index in [1.54, 1.807) is 25.1 Å². The lowest BCUT2D eigenvalue weighted by atomic mass is 9.84. The zero-order valence-electron chi connectivity index (χ0n) is 28.3. The van der Waals surface area contributed by atoms with E-state index in [4.69, 9.17) is 28.4 Å². The number of aromatic nitrogens is 3. The molecule has 0 saturated carbocycles. The fraction of sp³-hybridized carbons (Fsp3) is 0.308. The second-order valence-electron chi connectivity index (χ2n) is 12.2. The molecule has 260 valence electrons. The molecule has 0 amide bonds. The molecule has 11 heteroatoms. The van der Waals surface area contributed by atoms with Crippen LogP contribution in [0.5, 0.6) is 11.5 Å². The average Bonchev–Trinajstić information content (AvgIpc) is 3.64. The van der Waals surface area contributed by atoms with E-state index in [1.165, 1.54) is 18.0 Å². The maximum atomic E-state index is 12.9. The summed E-state index contributed by atoms with van der Waals surface area (Å²) >= 11 is 0. The Hall–Kier alpha value is -4.91. The van der Waals surface area contributed by atoms with Crippen molar-refractivity contribution in [1.82, 2.24) is 15.0 Å². The standard InChI is InChI=1S/C39H41N3O8/c1-28-36(47-24-29-13-7-4-8-14-29)37(48-25-30-15-9-5-10-16-30)38(2,49-26-31-17-11-6-12-18-31)39(44,50-28)42-33(22-40-41-42)27-46-34-20-19-32(23-43)21-35(34)45-3/h4-23,28,36-37,44H,24-27H2,1-3H3/t28-,36-,37+,38-,39-/m1/s1. The molecule has 1 saturated heterocycles. The molecular formula is C39H41N3O8. The van der Waals surface area contributed by atoms with Crippen molar-refractivity contribution in [2.45, 2.75) is 70.1 Å². The predicted molar refractivity (Wildman–Crippen MR) is 183 cm³/mol. The first-order chi connectivity index (χ1) is 24.3. The molecule has 1 aliphatic rings. The highest BCUT2D eigenvalue weighted by molar-refractivity contribution is 5.76. The third-order valence-electron chi connectivity index (χ3n) is 8.85. The summed E-state index contributed by atoms with van der Waals surface area (Å²) in [6.45, 7) is 4.10. The van der Waals surface area contributed by atoms with Crippen LogP contribution >= 0.6 is 0 Å². The third-order valence-corrected chi connectivity index (χ3v) is 8.85. The van der Waals surface area contributed by atoms with E-state index in [0.29, 0.717) is 22.8 Å². The van der Waals surface area contributed by atoms with Crippen molar-refractivity contribution in [3.05, 3.63) is 143 Å². The number of aliphatic hydroxyl groups is 1. The molecule has 1 fully saturated rings. The Labute approximate surface area is 291 Å². The molecule has 0 bridgehead atoms. The second kappa shape index (κ2) is 15.8. The molecule has 1 aromatic heterocycles. The van der Waals surface area contributed by atoms with E-state index in [-0.39, 0.29) is 26.4 Å². The highest BCUT2D eigenvalue weighted by Gasteiger charge is 2.66. The van der Waals surface area contributed by atoms with E-state index < -0.39 is 29.8 Å². The number of methoxy groups -OCH3 is 1. The summed E-state index contributed by atoms with van der Waals surface area (Å²) in [4.78, 5) is 11.3. The Morgan fingerprint density at radius 2 is 1.42 bits per heavy atom. The quantitative estimate of drug-likeness (QED) is 0.135. The maximum absolute atomic E-state index is 12.9. The Bertz CT molecular complexity index is 1820. The van der Waals surface area contributed by atoms with Gasteiger partial charge in [-0.15, -0.1) is 5.10 Å². The van der Waals surface area contributed by atoms with Gasteiger partial charge in [-0.25, -0.2) is 0 Å². The SMILES string of the molecule is COc1cc(C=O)ccc1OCc1cnnn1[C@]1(O)O[C@H](C)[C@@H](OCc2ccccc2)[C@H](OCc2ccccc2)[C@@]1(C)OCc1ccccc1. The van der Waals surface area contributed by atoms with Crippen molar-refractivity contribution in [2.75, 3.05) is 7.11 Å². The summed E-state index contributed by atoms with van der Waals surface area (Å²) in [5, 5.41) is 21.3. The molecule has 4 aromatic carbocycles. The summed E-state index contributed by atoms with van der Waals surface area (Å²) in [5.74, 6) is -1.49. The third kappa shape index (κ3) is 7.47. The maximum Gasteiger partial charge on any atom is 0.303 e. The van der Waals surface area contributed by atoms with Gasteiger partial charge in [0, 0.05) is 5.56 Å². The smallest absolute Gasteiger partial charge is 0.303 e. The first-order valence-electron chi connectivity index (χ1n) is 16.4. The molecule has 5 aromatic rings. The number of carbonyl (C=O) groups excluding carboxylic acids is 1. The number of nitrogens with zero attached hydrogens (tertiary/aromatic N) is 3. The van der Waals surface area contributed by atoms with E-state index in [2.05, 4.69) is 10.3 Å². The normalized spacial score (nSPS) is 23.3. The van der Waals surface area contributed by atoms with Gasteiger partial charge in [0.15, 0.2) is 17.1 Å². The summed E-state index contributed by atoms with van der Waals surface area (Å²) in [7, 11) is 1.49. The lowest BCUT2D eigenvalue weighted by Gasteiger charge is -2.55. The Balaban J connectivity index is 1.38. The summed E-state index contributed by atoms with van der Waals surface area (Å²) < 4.78 is 39.4. The molecule has 5 atom stereocenters. The monoisotopic (exact) mass is 679 g/mol. The number of benzene rings is 4. The van der Waals surface area contributed by atoms with Crippen LogP contribution in [0.1, 0.15) is 46.6 Å². The predicted octanol–water partition coefficient (Wildman–Crippen LogP) is 5.85.